The van der Waals surface area contributed by atoms with E-state index in [0.717, 1.165) is 34.0 Å². The number of aromatic nitrogens is 5. The molecule has 1 atom stereocenters. The molecule has 5 heterocycles. The molecule has 0 aromatic carbocycles. The minimum absolute atomic E-state index is 0.0889. The first-order valence-corrected chi connectivity index (χ1v) is 12.5. The summed E-state index contributed by atoms with van der Waals surface area (Å²) >= 11 is 1.62. The maximum absolute atomic E-state index is 13.3. The smallest absolute Gasteiger partial charge is 0.349 e. The molecule has 9 nitrogen and oxygen atoms in total. The number of aryl methyl sites for hydroxylation is 1. The highest BCUT2D eigenvalue weighted by Crippen LogP contribution is 2.37. The van der Waals surface area contributed by atoms with E-state index in [0.29, 0.717) is 31.4 Å². The molecule has 2 aliphatic heterocycles. The van der Waals surface area contributed by atoms with Crippen molar-refractivity contribution in [3.8, 4) is 0 Å². The molecule has 2 aliphatic rings. The zero-order valence-electron chi connectivity index (χ0n) is 19.8. The highest BCUT2D eigenvalue weighted by Gasteiger charge is 2.40. The van der Waals surface area contributed by atoms with Gasteiger partial charge in [0.15, 0.2) is 5.82 Å². The van der Waals surface area contributed by atoms with Crippen molar-refractivity contribution in [2.24, 2.45) is 5.92 Å². The molecule has 188 valence electrons. The fourth-order valence-electron chi connectivity index (χ4n) is 4.75. The summed E-state index contributed by atoms with van der Waals surface area (Å²) in [4.78, 5) is 29.8. The van der Waals surface area contributed by atoms with Crippen molar-refractivity contribution >= 4 is 39.2 Å². The Morgan fingerprint density at radius 3 is 2.69 bits per heavy atom. The number of halogens is 3. The highest BCUT2D eigenvalue weighted by atomic mass is 32.1. The molecule has 0 spiro atoms. The molecule has 0 unspecified atom stereocenters. The van der Waals surface area contributed by atoms with Crippen LogP contribution in [0.25, 0.3) is 10.2 Å². The summed E-state index contributed by atoms with van der Waals surface area (Å²) in [6.07, 6.45) is -1.90. The Labute approximate surface area is 204 Å². The Bertz CT molecular complexity index is 1250. The first-order chi connectivity index (χ1) is 16.7. The van der Waals surface area contributed by atoms with Crippen LogP contribution in [-0.2, 0) is 30.5 Å². The molecule has 1 fully saturated rings. The Kier molecular flexibility index (Phi) is 6.06. The van der Waals surface area contributed by atoms with Crippen LogP contribution < -0.4 is 9.80 Å². The van der Waals surface area contributed by atoms with Crippen LogP contribution in [0, 0.1) is 5.92 Å². The van der Waals surface area contributed by atoms with Crippen LogP contribution in [0.3, 0.4) is 0 Å². The van der Waals surface area contributed by atoms with Gasteiger partial charge in [-0.1, -0.05) is 13.3 Å². The molecular formula is C22H27F3N8OS. The third kappa shape index (κ3) is 4.41. The van der Waals surface area contributed by atoms with E-state index in [-0.39, 0.29) is 30.7 Å². The second-order valence-corrected chi connectivity index (χ2v) is 10.3. The Morgan fingerprint density at radius 2 is 1.97 bits per heavy atom. The van der Waals surface area contributed by atoms with Gasteiger partial charge in [0.25, 0.3) is 0 Å². The molecule has 13 heteroatoms. The molecule has 5 rings (SSSR count). The highest BCUT2D eigenvalue weighted by molar-refractivity contribution is 7.18. The van der Waals surface area contributed by atoms with Crippen LogP contribution in [0.4, 0.5) is 24.9 Å². The number of alkyl halides is 3. The van der Waals surface area contributed by atoms with Crippen LogP contribution in [0.1, 0.15) is 36.3 Å². The fraction of sp³-hybridized carbons (Fsp3) is 0.591. The van der Waals surface area contributed by atoms with E-state index in [9.17, 15) is 18.0 Å². The van der Waals surface area contributed by atoms with Gasteiger partial charge in [-0.2, -0.15) is 18.2 Å². The number of carbonyl (C=O) groups excluding carboxylic acids is 1. The van der Waals surface area contributed by atoms with Gasteiger partial charge in [-0.15, -0.1) is 21.5 Å². The first-order valence-electron chi connectivity index (χ1n) is 11.7. The number of thiophene rings is 1. The van der Waals surface area contributed by atoms with E-state index < -0.39 is 12.0 Å². The largest absolute Gasteiger partial charge is 0.451 e. The molecule has 0 radical (unpaired) electrons. The maximum Gasteiger partial charge on any atom is 0.451 e. The van der Waals surface area contributed by atoms with Gasteiger partial charge in [0.05, 0.1) is 17.8 Å². The summed E-state index contributed by atoms with van der Waals surface area (Å²) in [7, 11) is 3.51. The van der Waals surface area contributed by atoms with Crippen LogP contribution in [0.2, 0.25) is 0 Å². The normalized spacial score (nSPS) is 18.4. The van der Waals surface area contributed by atoms with E-state index in [1.165, 1.54) is 4.88 Å². The van der Waals surface area contributed by atoms with E-state index in [4.69, 9.17) is 9.97 Å². The third-order valence-corrected chi connectivity index (χ3v) is 7.56. The standard InChI is InChI=1S/C22H27F3N8OS/c1-4-5-14-10-15-17(31-8-9-33-16(12-31)28-29-20(33)22(23,24)25)26-21(27-18(15)35-14)32-7-6-13(11-32)19(34)30(2)3/h10,13H,4-9,11-12H2,1-3H3/t13-/m0/s1. The van der Waals surface area contributed by atoms with Crippen molar-refractivity contribution < 1.29 is 18.0 Å². The fourth-order valence-corrected chi connectivity index (χ4v) is 5.87. The summed E-state index contributed by atoms with van der Waals surface area (Å²) in [6, 6.07) is 2.09. The molecule has 0 aliphatic carbocycles. The Balaban J connectivity index is 1.50. The van der Waals surface area contributed by atoms with Gasteiger partial charge in [-0.25, -0.2) is 4.98 Å². The van der Waals surface area contributed by atoms with Crippen LogP contribution in [0.5, 0.6) is 0 Å². The molecular weight excluding hydrogens is 481 g/mol. The molecule has 0 bridgehead atoms. The molecule has 3 aromatic rings. The van der Waals surface area contributed by atoms with Gasteiger partial charge in [0.1, 0.15) is 10.6 Å². The van der Waals surface area contributed by atoms with Crippen LogP contribution in [-0.4, -0.2) is 69.3 Å². The third-order valence-electron chi connectivity index (χ3n) is 6.48. The average Bonchev–Trinajstić information content (AvgIpc) is 3.54. The predicted molar refractivity (Wildman–Crippen MR) is 126 cm³/mol. The minimum Gasteiger partial charge on any atom is -0.349 e. The summed E-state index contributed by atoms with van der Waals surface area (Å²) in [6.45, 7) is 3.97. The predicted octanol–water partition coefficient (Wildman–Crippen LogP) is 3.19. The van der Waals surface area contributed by atoms with E-state index in [1.807, 2.05) is 9.80 Å². The van der Waals surface area contributed by atoms with E-state index in [2.05, 4.69) is 23.2 Å². The second-order valence-electron chi connectivity index (χ2n) is 9.20. The summed E-state index contributed by atoms with van der Waals surface area (Å²) in [5.74, 6) is 0.518. The monoisotopic (exact) mass is 508 g/mol. The molecule has 0 saturated carbocycles. The number of hydrogen-bond acceptors (Lipinski definition) is 8. The molecule has 3 aromatic heterocycles. The van der Waals surface area contributed by atoms with Gasteiger partial charge >= 0.3 is 6.18 Å². The van der Waals surface area contributed by atoms with Gasteiger partial charge in [-0.3, -0.25) is 4.79 Å². The lowest BCUT2D eigenvalue weighted by atomic mass is 10.1. The van der Waals surface area contributed by atoms with Crippen molar-refractivity contribution in [1.82, 2.24) is 29.6 Å². The second kappa shape index (κ2) is 8.92. The van der Waals surface area contributed by atoms with E-state index in [1.54, 1.807) is 30.3 Å². The number of hydrogen-bond donors (Lipinski definition) is 0. The van der Waals surface area contributed by atoms with Crippen molar-refractivity contribution in [3.63, 3.8) is 0 Å². The number of rotatable bonds is 5. The van der Waals surface area contributed by atoms with Gasteiger partial charge < -0.3 is 19.3 Å². The maximum atomic E-state index is 13.3. The first kappa shape index (κ1) is 23.8. The number of amides is 1. The lowest BCUT2D eigenvalue weighted by Gasteiger charge is -2.30. The SMILES string of the molecule is CCCc1cc2c(N3CCn4c(nnc4C(F)(F)F)C3)nc(N3CC[C@H](C(=O)N(C)C)C3)nc2s1. The average molecular weight is 509 g/mol. The molecule has 1 saturated heterocycles. The van der Waals surface area contributed by atoms with Crippen molar-refractivity contribution in [2.45, 2.75) is 45.5 Å². The number of carbonyl (C=O) groups is 1. The Hall–Kier alpha value is -2.96. The zero-order chi connectivity index (χ0) is 24.9. The lowest BCUT2D eigenvalue weighted by molar-refractivity contribution is -0.147. The van der Waals surface area contributed by atoms with E-state index >= 15 is 0 Å². The number of nitrogens with zero attached hydrogens (tertiary/aromatic N) is 8. The van der Waals surface area contributed by atoms with Gasteiger partial charge in [0.2, 0.25) is 17.7 Å². The summed E-state index contributed by atoms with van der Waals surface area (Å²) in [5, 5.41) is 8.11. The van der Waals surface area contributed by atoms with Gasteiger partial charge in [-0.05, 0) is 18.9 Å². The van der Waals surface area contributed by atoms with Crippen LogP contribution >= 0.6 is 11.3 Å². The van der Waals surface area contributed by atoms with Crippen molar-refractivity contribution in [3.05, 3.63) is 22.6 Å². The van der Waals surface area contributed by atoms with Crippen LogP contribution in [0.15, 0.2) is 6.07 Å². The minimum atomic E-state index is -4.54. The Morgan fingerprint density at radius 1 is 1.17 bits per heavy atom. The van der Waals surface area contributed by atoms with Crippen molar-refractivity contribution in [1.29, 1.82) is 0 Å². The molecule has 1 amide bonds. The lowest BCUT2D eigenvalue weighted by Crippen LogP contribution is -2.36. The molecule has 0 N–H and O–H groups in total. The number of anilines is 2. The quantitative estimate of drug-likeness (QED) is 0.524. The summed E-state index contributed by atoms with van der Waals surface area (Å²) < 4.78 is 41.0. The summed E-state index contributed by atoms with van der Waals surface area (Å²) in [5.41, 5.74) is 0. The zero-order valence-corrected chi connectivity index (χ0v) is 20.7. The van der Waals surface area contributed by atoms with Crippen molar-refractivity contribution in [2.75, 3.05) is 43.5 Å². The number of fused-ring (bicyclic) bond motifs is 2. The van der Waals surface area contributed by atoms with Gasteiger partial charge in [0, 0.05) is 45.2 Å². The topological polar surface area (TPSA) is 83.3 Å². The molecule has 35 heavy (non-hydrogen) atoms.